The van der Waals surface area contributed by atoms with Crippen LogP contribution in [0.4, 0.5) is 0 Å². The maximum Gasteiger partial charge on any atom is 0.275 e. The Labute approximate surface area is 251 Å². The standard InChI is InChI=1S/C33H26BrClN2O4/c1-39-31-18-22(17-28(34)32(31)41-20-24-12-8-11-23-9-2-4-13-26(23)24)19-36-37-33(38)27-14-5-7-16-30(27)40-21-25-10-3-6-15-29(25)35/h2-19H,20-21H2,1H3,(H,37,38)/b36-19+. The first-order valence-electron chi connectivity index (χ1n) is 12.8. The Hall–Kier alpha value is -4.33. The van der Waals surface area contributed by atoms with E-state index in [9.17, 15) is 4.79 Å². The molecule has 0 saturated carbocycles. The Bertz CT molecular complexity index is 1720. The molecule has 41 heavy (non-hydrogen) atoms. The molecular weight excluding hydrogens is 604 g/mol. The zero-order valence-electron chi connectivity index (χ0n) is 22.1. The summed E-state index contributed by atoms with van der Waals surface area (Å²) in [4.78, 5) is 12.9. The van der Waals surface area contributed by atoms with Crippen molar-refractivity contribution in [1.82, 2.24) is 5.43 Å². The number of hydrogen-bond acceptors (Lipinski definition) is 5. The number of amides is 1. The third-order valence-corrected chi connectivity index (χ3v) is 7.31. The van der Waals surface area contributed by atoms with Gasteiger partial charge >= 0.3 is 0 Å². The first kappa shape index (κ1) is 28.2. The summed E-state index contributed by atoms with van der Waals surface area (Å²) in [6.07, 6.45) is 1.53. The predicted octanol–water partition coefficient (Wildman–Crippen LogP) is 8.19. The van der Waals surface area contributed by atoms with Crippen LogP contribution in [-0.2, 0) is 13.2 Å². The summed E-state index contributed by atoms with van der Waals surface area (Å²) in [7, 11) is 1.58. The van der Waals surface area contributed by atoms with Gasteiger partial charge in [-0.15, -0.1) is 0 Å². The van der Waals surface area contributed by atoms with Crippen molar-refractivity contribution in [3.63, 3.8) is 0 Å². The van der Waals surface area contributed by atoms with Crippen molar-refractivity contribution in [3.8, 4) is 17.2 Å². The van der Waals surface area contributed by atoms with Gasteiger partial charge in [-0.05, 0) is 68.2 Å². The Kier molecular flexibility index (Phi) is 9.19. The van der Waals surface area contributed by atoms with Crippen molar-refractivity contribution in [2.24, 2.45) is 5.10 Å². The molecule has 5 rings (SSSR count). The van der Waals surface area contributed by atoms with Crippen molar-refractivity contribution in [3.05, 3.63) is 135 Å². The van der Waals surface area contributed by atoms with Gasteiger partial charge in [0.05, 0.1) is 23.4 Å². The number of nitrogens with zero attached hydrogens (tertiary/aromatic N) is 1. The molecule has 8 heteroatoms. The Morgan fingerprint density at radius 3 is 2.41 bits per heavy atom. The molecule has 0 unspecified atom stereocenters. The molecule has 0 aliphatic rings. The molecule has 0 heterocycles. The minimum Gasteiger partial charge on any atom is -0.493 e. The lowest BCUT2D eigenvalue weighted by atomic mass is 10.1. The molecule has 5 aromatic rings. The summed E-state index contributed by atoms with van der Waals surface area (Å²) < 4.78 is 18.4. The van der Waals surface area contributed by atoms with Crippen LogP contribution in [0.15, 0.2) is 113 Å². The number of halogens is 2. The van der Waals surface area contributed by atoms with Gasteiger partial charge in [0, 0.05) is 10.6 Å². The Morgan fingerprint density at radius 2 is 1.56 bits per heavy atom. The van der Waals surface area contributed by atoms with E-state index in [1.54, 1.807) is 43.5 Å². The van der Waals surface area contributed by atoms with Gasteiger partial charge in [0.25, 0.3) is 5.91 Å². The maximum atomic E-state index is 12.9. The summed E-state index contributed by atoms with van der Waals surface area (Å²) in [6.45, 7) is 0.605. The maximum absolute atomic E-state index is 12.9. The number of methoxy groups -OCH3 is 1. The van der Waals surface area contributed by atoms with Gasteiger partial charge in [-0.25, -0.2) is 5.43 Å². The van der Waals surface area contributed by atoms with E-state index in [1.807, 2.05) is 48.5 Å². The van der Waals surface area contributed by atoms with Gasteiger partial charge in [0.15, 0.2) is 11.5 Å². The average Bonchev–Trinajstić information content (AvgIpc) is 3.00. The number of carbonyl (C=O) groups is 1. The number of hydrazone groups is 1. The van der Waals surface area contributed by atoms with Crippen LogP contribution in [-0.4, -0.2) is 19.2 Å². The molecule has 0 saturated heterocycles. The molecule has 0 aliphatic carbocycles. The highest BCUT2D eigenvalue weighted by molar-refractivity contribution is 9.10. The Morgan fingerprint density at radius 1 is 0.854 bits per heavy atom. The molecule has 0 fully saturated rings. The van der Waals surface area contributed by atoms with Crippen LogP contribution >= 0.6 is 27.5 Å². The summed E-state index contributed by atoms with van der Waals surface area (Å²) in [5.74, 6) is 1.13. The predicted molar refractivity (Wildman–Crippen MR) is 166 cm³/mol. The van der Waals surface area contributed by atoms with Crippen LogP contribution in [0.3, 0.4) is 0 Å². The van der Waals surface area contributed by atoms with Crippen LogP contribution < -0.4 is 19.6 Å². The van der Waals surface area contributed by atoms with Gasteiger partial charge in [0.1, 0.15) is 19.0 Å². The lowest BCUT2D eigenvalue weighted by Crippen LogP contribution is -2.18. The van der Waals surface area contributed by atoms with E-state index in [1.165, 1.54) is 6.21 Å². The molecule has 0 bridgehead atoms. The Balaban J connectivity index is 1.25. The third-order valence-electron chi connectivity index (χ3n) is 6.36. The van der Waals surface area contributed by atoms with E-state index in [4.69, 9.17) is 25.8 Å². The number of benzene rings is 5. The number of nitrogens with one attached hydrogen (secondary N) is 1. The second-order valence-corrected chi connectivity index (χ2v) is 10.3. The minimum atomic E-state index is -0.405. The second-order valence-electron chi connectivity index (χ2n) is 9.04. The highest BCUT2D eigenvalue weighted by Gasteiger charge is 2.14. The first-order chi connectivity index (χ1) is 20.0. The van der Waals surface area contributed by atoms with Crippen LogP contribution in [0, 0.1) is 0 Å². The fourth-order valence-electron chi connectivity index (χ4n) is 4.30. The first-order valence-corrected chi connectivity index (χ1v) is 14.0. The normalized spacial score (nSPS) is 11.0. The lowest BCUT2D eigenvalue weighted by Gasteiger charge is -2.14. The van der Waals surface area contributed by atoms with Gasteiger partial charge in [-0.3, -0.25) is 4.79 Å². The van der Waals surface area contributed by atoms with Crippen LogP contribution in [0.2, 0.25) is 5.02 Å². The molecule has 1 N–H and O–H groups in total. The third kappa shape index (κ3) is 6.88. The monoisotopic (exact) mass is 628 g/mol. The van der Waals surface area contributed by atoms with E-state index in [0.717, 1.165) is 21.9 Å². The summed E-state index contributed by atoms with van der Waals surface area (Å²) >= 11 is 9.82. The average molecular weight is 630 g/mol. The van der Waals surface area contributed by atoms with E-state index in [0.29, 0.717) is 44.5 Å². The van der Waals surface area contributed by atoms with Crippen LogP contribution in [0.5, 0.6) is 17.2 Å². The largest absolute Gasteiger partial charge is 0.493 e. The lowest BCUT2D eigenvalue weighted by molar-refractivity contribution is 0.0950. The fraction of sp³-hybridized carbons (Fsp3) is 0.0909. The summed E-state index contributed by atoms with van der Waals surface area (Å²) in [5.41, 5.74) is 5.52. The molecule has 6 nitrogen and oxygen atoms in total. The van der Waals surface area contributed by atoms with Crippen molar-refractivity contribution in [1.29, 1.82) is 0 Å². The topological polar surface area (TPSA) is 69.2 Å². The zero-order valence-corrected chi connectivity index (χ0v) is 24.5. The van der Waals surface area contributed by atoms with Crippen molar-refractivity contribution in [2.45, 2.75) is 13.2 Å². The van der Waals surface area contributed by atoms with E-state index in [2.05, 4.69) is 44.7 Å². The van der Waals surface area contributed by atoms with Crippen molar-refractivity contribution < 1.29 is 19.0 Å². The van der Waals surface area contributed by atoms with Gasteiger partial charge in [0.2, 0.25) is 0 Å². The van der Waals surface area contributed by atoms with Crippen molar-refractivity contribution in [2.75, 3.05) is 7.11 Å². The quantitative estimate of drug-likeness (QED) is 0.125. The number of para-hydroxylation sites is 1. The van der Waals surface area contributed by atoms with Gasteiger partial charge < -0.3 is 14.2 Å². The van der Waals surface area contributed by atoms with Crippen LogP contribution in [0.25, 0.3) is 10.8 Å². The van der Waals surface area contributed by atoms with Gasteiger partial charge in [-0.1, -0.05) is 84.4 Å². The molecule has 0 aromatic heterocycles. The zero-order chi connectivity index (χ0) is 28.6. The van der Waals surface area contributed by atoms with Crippen molar-refractivity contribution >= 4 is 50.4 Å². The van der Waals surface area contributed by atoms with Gasteiger partial charge in [-0.2, -0.15) is 5.10 Å². The molecule has 0 radical (unpaired) electrons. The smallest absolute Gasteiger partial charge is 0.275 e. The molecule has 206 valence electrons. The number of rotatable bonds is 10. The highest BCUT2D eigenvalue weighted by Crippen LogP contribution is 2.37. The molecule has 5 aromatic carbocycles. The summed E-state index contributed by atoms with van der Waals surface area (Å²) in [6, 6.07) is 32.4. The molecule has 0 aliphatic heterocycles. The number of ether oxygens (including phenoxy) is 3. The number of carbonyl (C=O) groups excluding carboxylic acids is 1. The molecule has 0 atom stereocenters. The molecule has 0 spiro atoms. The van der Waals surface area contributed by atoms with E-state index < -0.39 is 5.91 Å². The fourth-order valence-corrected chi connectivity index (χ4v) is 5.06. The van der Waals surface area contributed by atoms with Crippen LogP contribution in [0.1, 0.15) is 27.0 Å². The second kappa shape index (κ2) is 13.4. The van der Waals surface area contributed by atoms with E-state index in [-0.39, 0.29) is 6.61 Å². The SMILES string of the molecule is COc1cc(/C=N/NC(=O)c2ccccc2OCc2ccccc2Cl)cc(Br)c1OCc1cccc2ccccc12. The highest BCUT2D eigenvalue weighted by atomic mass is 79.9. The summed E-state index contributed by atoms with van der Waals surface area (Å²) in [5, 5.41) is 7.04. The minimum absolute atomic E-state index is 0.232. The number of hydrogen-bond donors (Lipinski definition) is 1. The van der Waals surface area contributed by atoms with E-state index >= 15 is 0 Å². The molecular formula is C33H26BrClN2O4. The molecule has 1 amide bonds. The number of fused-ring (bicyclic) bond motifs is 1.